The molecule has 0 spiro atoms. The third-order valence-electron chi connectivity index (χ3n) is 3.81. The number of fused-ring (bicyclic) bond motifs is 1. The van der Waals surface area contributed by atoms with Crippen molar-refractivity contribution in [3.63, 3.8) is 0 Å². The van der Waals surface area contributed by atoms with Crippen molar-refractivity contribution in [2.24, 2.45) is 0 Å². The Hall–Kier alpha value is -2.46. The average Bonchev–Trinajstić information content (AvgIpc) is 2.81. The molecular formula is C14H12N4O2S. The number of nitriles is 1. The molecule has 2 amide bonds. The van der Waals surface area contributed by atoms with Crippen LogP contribution in [0.2, 0.25) is 0 Å². The third-order valence-corrected chi connectivity index (χ3v) is 4.10. The van der Waals surface area contributed by atoms with Gasteiger partial charge in [-0.3, -0.25) is 14.5 Å². The number of carbonyl (C=O) groups excluding carboxylic acids is 2. The number of imidazole rings is 1. The summed E-state index contributed by atoms with van der Waals surface area (Å²) in [5.74, 6) is -0.453. The molecule has 1 saturated heterocycles. The number of aromatic amines is 1. The Bertz CT molecular complexity index is 858. The van der Waals surface area contributed by atoms with Gasteiger partial charge >= 0.3 is 0 Å². The molecule has 1 fully saturated rings. The number of amides is 2. The van der Waals surface area contributed by atoms with Gasteiger partial charge in [0.1, 0.15) is 12.1 Å². The van der Waals surface area contributed by atoms with E-state index in [-0.39, 0.29) is 11.8 Å². The molecule has 21 heavy (non-hydrogen) atoms. The summed E-state index contributed by atoms with van der Waals surface area (Å²) in [6.45, 7) is 0. The van der Waals surface area contributed by atoms with Gasteiger partial charge in [-0.2, -0.15) is 5.26 Å². The molecule has 1 aliphatic rings. The monoisotopic (exact) mass is 300 g/mol. The summed E-state index contributed by atoms with van der Waals surface area (Å²) in [6, 6.07) is 6.84. The number of aromatic nitrogens is 2. The van der Waals surface area contributed by atoms with Gasteiger partial charge in [0.05, 0.1) is 16.6 Å². The summed E-state index contributed by atoms with van der Waals surface area (Å²) in [4.78, 5) is 28.1. The van der Waals surface area contributed by atoms with Gasteiger partial charge in [-0.25, -0.2) is 0 Å². The van der Waals surface area contributed by atoms with E-state index >= 15 is 0 Å². The van der Waals surface area contributed by atoms with E-state index in [9.17, 15) is 9.59 Å². The van der Waals surface area contributed by atoms with E-state index in [1.807, 2.05) is 6.07 Å². The molecule has 2 heterocycles. The lowest BCUT2D eigenvalue weighted by atomic mass is 10.0. The molecule has 6 nitrogen and oxygen atoms in total. The maximum absolute atomic E-state index is 12.3. The maximum atomic E-state index is 12.3. The number of nitrogens with one attached hydrogen (secondary N) is 1. The average molecular weight is 300 g/mol. The number of likely N-dealkylation sites (N-methyl/N-ethyl adjacent to an activating group) is 1. The van der Waals surface area contributed by atoms with Crippen LogP contribution >= 0.6 is 12.2 Å². The van der Waals surface area contributed by atoms with Gasteiger partial charge in [-0.1, -0.05) is 6.07 Å². The normalized spacial score (nSPS) is 19.0. The molecule has 106 valence electrons. The van der Waals surface area contributed by atoms with Crippen molar-refractivity contribution < 1.29 is 9.59 Å². The summed E-state index contributed by atoms with van der Waals surface area (Å²) < 4.78 is 2.09. The van der Waals surface area contributed by atoms with E-state index in [0.29, 0.717) is 34.2 Å². The largest absolute Gasteiger partial charge is 0.329 e. The fourth-order valence-electron chi connectivity index (χ4n) is 2.69. The molecule has 1 aliphatic heterocycles. The van der Waals surface area contributed by atoms with Gasteiger partial charge < -0.3 is 9.55 Å². The van der Waals surface area contributed by atoms with Crippen LogP contribution in [0, 0.1) is 16.1 Å². The Morgan fingerprint density at radius 1 is 1.43 bits per heavy atom. The van der Waals surface area contributed by atoms with Gasteiger partial charge in [-0.15, -0.1) is 0 Å². The zero-order valence-electron chi connectivity index (χ0n) is 11.3. The highest BCUT2D eigenvalue weighted by Gasteiger charge is 2.34. The van der Waals surface area contributed by atoms with Crippen molar-refractivity contribution >= 4 is 35.1 Å². The predicted molar refractivity (Wildman–Crippen MR) is 77.9 cm³/mol. The number of imide groups is 1. The minimum Gasteiger partial charge on any atom is -0.329 e. The van der Waals surface area contributed by atoms with Crippen LogP contribution in [-0.2, 0) is 9.59 Å². The van der Waals surface area contributed by atoms with E-state index in [1.54, 1.807) is 16.7 Å². The van der Waals surface area contributed by atoms with E-state index in [0.717, 1.165) is 4.90 Å². The first kappa shape index (κ1) is 13.5. The number of hydrogen-bond donors (Lipinski definition) is 1. The molecule has 1 aromatic heterocycles. The highest BCUT2D eigenvalue weighted by atomic mass is 32.1. The summed E-state index contributed by atoms with van der Waals surface area (Å²) in [5, 5.41) is 9.14. The molecule has 0 bridgehead atoms. The van der Waals surface area contributed by atoms with E-state index in [1.165, 1.54) is 7.05 Å². The van der Waals surface area contributed by atoms with Gasteiger partial charge in [0.15, 0.2) is 4.77 Å². The van der Waals surface area contributed by atoms with Gasteiger partial charge in [0.25, 0.3) is 5.91 Å². The molecule has 0 aliphatic carbocycles. The predicted octanol–water partition coefficient (Wildman–Crippen LogP) is 1.89. The number of hydrogen-bond acceptors (Lipinski definition) is 4. The van der Waals surface area contributed by atoms with Crippen LogP contribution in [-0.4, -0.2) is 33.3 Å². The molecule has 2 aromatic rings. The maximum Gasteiger partial charge on any atom is 0.252 e. The second kappa shape index (κ2) is 4.82. The molecule has 1 atom stereocenters. The first-order chi connectivity index (χ1) is 10.0. The molecule has 3 rings (SSSR count). The Balaban J connectivity index is 2.20. The smallest absolute Gasteiger partial charge is 0.252 e. The number of nitrogens with zero attached hydrogens (tertiary/aromatic N) is 3. The standard InChI is InChI=1S/C14H12N4O2S/c1-17-11(19)6-5-10(13(17)20)18-9-4-2-3-8(7-15)12(9)16-14(18)21/h2-4,10H,5-6H2,1H3,(H,16,21). The van der Waals surface area contributed by atoms with Crippen molar-refractivity contribution in [2.75, 3.05) is 7.05 Å². The molecule has 7 heteroatoms. The fourth-order valence-corrected chi connectivity index (χ4v) is 3.02. The van der Waals surface area contributed by atoms with E-state index in [2.05, 4.69) is 11.1 Å². The van der Waals surface area contributed by atoms with Crippen LogP contribution in [0.25, 0.3) is 11.0 Å². The van der Waals surface area contributed by atoms with Crippen LogP contribution in [0.5, 0.6) is 0 Å². The molecule has 0 radical (unpaired) electrons. The van der Waals surface area contributed by atoms with Crippen molar-refractivity contribution in [3.05, 3.63) is 28.5 Å². The van der Waals surface area contributed by atoms with E-state index < -0.39 is 6.04 Å². The molecule has 0 saturated carbocycles. The minimum atomic E-state index is -0.511. The Kier molecular flexibility index (Phi) is 3.11. The quantitative estimate of drug-likeness (QED) is 0.644. The van der Waals surface area contributed by atoms with Crippen LogP contribution < -0.4 is 0 Å². The minimum absolute atomic E-state index is 0.180. The van der Waals surface area contributed by atoms with Crippen LogP contribution in [0.1, 0.15) is 24.4 Å². The molecule has 1 aromatic carbocycles. The Labute approximate surface area is 125 Å². The van der Waals surface area contributed by atoms with E-state index in [4.69, 9.17) is 17.5 Å². The summed E-state index contributed by atoms with van der Waals surface area (Å²) >= 11 is 5.30. The SMILES string of the molecule is CN1C(=O)CCC(n2c(=S)[nH]c3c(C#N)cccc32)C1=O. The van der Waals surface area contributed by atoms with Gasteiger partial charge in [-0.05, 0) is 30.8 Å². The number of likely N-dealkylation sites (tertiary alicyclic amines) is 1. The first-order valence-electron chi connectivity index (χ1n) is 6.48. The first-order valence-corrected chi connectivity index (χ1v) is 6.89. The zero-order valence-corrected chi connectivity index (χ0v) is 12.1. The van der Waals surface area contributed by atoms with Crippen LogP contribution in [0.15, 0.2) is 18.2 Å². The second-order valence-electron chi connectivity index (χ2n) is 4.96. The zero-order chi connectivity index (χ0) is 15.1. The number of para-hydroxylation sites is 1. The van der Waals surface area contributed by atoms with Crippen molar-refractivity contribution in [1.82, 2.24) is 14.5 Å². The van der Waals surface area contributed by atoms with Crippen LogP contribution in [0.3, 0.4) is 0 Å². The van der Waals surface area contributed by atoms with Crippen LogP contribution in [0.4, 0.5) is 0 Å². The highest BCUT2D eigenvalue weighted by molar-refractivity contribution is 7.71. The molecular weight excluding hydrogens is 288 g/mol. The number of benzene rings is 1. The second-order valence-corrected chi connectivity index (χ2v) is 5.34. The lowest BCUT2D eigenvalue weighted by molar-refractivity contribution is -0.149. The molecule has 1 N–H and O–H groups in total. The van der Waals surface area contributed by atoms with Gasteiger partial charge in [0, 0.05) is 13.5 Å². The van der Waals surface area contributed by atoms with Crippen molar-refractivity contribution in [2.45, 2.75) is 18.9 Å². The highest BCUT2D eigenvalue weighted by Crippen LogP contribution is 2.28. The summed E-state index contributed by atoms with van der Waals surface area (Å²) in [5.41, 5.74) is 1.81. The lowest BCUT2D eigenvalue weighted by Crippen LogP contribution is -2.43. The summed E-state index contributed by atoms with van der Waals surface area (Å²) in [7, 11) is 1.48. The number of carbonyl (C=O) groups is 2. The summed E-state index contributed by atoms with van der Waals surface area (Å²) in [6.07, 6.45) is 0.722. The Morgan fingerprint density at radius 2 is 2.19 bits per heavy atom. The number of H-pyrrole nitrogens is 1. The Morgan fingerprint density at radius 3 is 2.90 bits per heavy atom. The molecule has 1 unspecified atom stereocenters. The number of rotatable bonds is 1. The third kappa shape index (κ3) is 1.96. The topological polar surface area (TPSA) is 81.9 Å². The van der Waals surface area contributed by atoms with Crippen molar-refractivity contribution in [3.8, 4) is 6.07 Å². The fraction of sp³-hybridized carbons (Fsp3) is 0.286. The van der Waals surface area contributed by atoms with Gasteiger partial charge in [0.2, 0.25) is 5.91 Å². The number of piperidine rings is 1. The van der Waals surface area contributed by atoms with Crippen molar-refractivity contribution in [1.29, 1.82) is 5.26 Å². The lowest BCUT2D eigenvalue weighted by Gasteiger charge is -2.28.